The third-order valence-electron chi connectivity index (χ3n) is 4.06. The third kappa shape index (κ3) is 2.46. The lowest BCUT2D eigenvalue weighted by Crippen LogP contribution is -2.23. The molecule has 0 unspecified atom stereocenters. The summed E-state index contributed by atoms with van der Waals surface area (Å²) < 4.78 is 0. The van der Waals surface area contributed by atoms with Crippen molar-refractivity contribution in [2.45, 2.75) is 13.1 Å². The molecular weight excluding hydrogens is 288 g/mol. The van der Waals surface area contributed by atoms with Gasteiger partial charge in [0.25, 0.3) is 5.91 Å². The number of benzene rings is 1. The fraction of sp³-hybridized carbons (Fsp3) is 0.111. The van der Waals surface area contributed by atoms with Crippen molar-refractivity contribution in [3.63, 3.8) is 0 Å². The van der Waals surface area contributed by atoms with Gasteiger partial charge in [0.2, 0.25) is 0 Å². The topological polar surface area (TPSA) is 69.8 Å². The molecule has 3 N–H and O–H groups in total. The highest BCUT2D eigenvalue weighted by atomic mass is 16.1. The monoisotopic (exact) mass is 304 g/mol. The molecule has 0 atom stereocenters. The fourth-order valence-corrected chi connectivity index (χ4v) is 2.95. The lowest BCUT2D eigenvalue weighted by Gasteiger charge is -2.08. The first kappa shape index (κ1) is 13.6. The molecule has 0 saturated heterocycles. The molecule has 1 amide bonds. The van der Waals surface area contributed by atoms with Crippen LogP contribution in [0, 0.1) is 0 Å². The molecule has 5 nitrogen and oxygen atoms in total. The van der Waals surface area contributed by atoms with Crippen LogP contribution in [0.25, 0.3) is 17.2 Å². The van der Waals surface area contributed by atoms with Gasteiger partial charge < -0.3 is 10.6 Å². The van der Waals surface area contributed by atoms with Gasteiger partial charge in [-0.2, -0.15) is 5.10 Å². The molecule has 3 aliphatic rings. The van der Waals surface area contributed by atoms with Gasteiger partial charge in [0, 0.05) is 29.8 Å². The van der Waals surface area contributed by atoms with Gasteiger partial charge in [-0.05, 0) is 29.5 Å². The van der Waals surface area contributed by atoms with E-state index < -0.39 is 0 Å². The van der Waals surface area contributed by atoms with E-state index in [9.17, 15) is 4.79 Å². The smallest absolute Gasteiger partial charge is 0.251 e. The van der Waals surface area contributed by atoms with Crippen LogP contribution in [0.15, 0.2) is 48.8 Å². The fourth-order valence-electron chi connectivity index (χ4n) is 2.95. The lowest BCUT2D eigenvalue weighted by atomic mass is 10.1. The second kappa shape index (κ2) is 5.61. The Labute approximate surface area is 133 Å². The number of carbonyl (C=O) groups excluding carboxylic acids is 1. The van der Waals surface area contributed by atoms with Crippen LogP contribution in [0.5, 0.6) is 0 Å². The van der Waals surface area contributed by atoms with Gasteiger partial charge in [-0.15, -0.1) is 0 Å². The van der Waals surface area contributed by atoms with Crippen LogP contribution in [0.2, 0.25) is 0 Å². The highest BCUT2D eigenvalue weighted by molar-refractivity contribution is 6.01. The van der Waals surface area contributed by atoms with E-state index in [4.69, 9.17) is 0 Å². The van der Waals surface area contributed by atoms with Crippen molar-refractivity contribution in [2.24, 2.45) is 0 Å². The Hall–Kier alpha value is -3.08. The molecule has 114 valence electrons. The van der Waals surface area contributed by atoms with Crippen LogP contribution in [0.3, 0.4) is 0 Å². The Kier molecular flexibility index (Phi) is 3.31. The van der Waals surface area contributed by atoms with Crippen molar-refractivity contribution >= 4 is 12.0 Å². The number of nitrogens with zero attached hydrogens (tertiary/aromatic N) is 1. The van der Waals surface area contributed by atoms with Crippen molar-refractivity contribution in [1.82, 2.24) is 20.8 Å². The van der Waals surface area contributed by atoms with Crippen LogP contribution >= 0.6 is 0 Å². The summed E-state index contributed by atoms with van der Waals surface area (Å²) in [6.45, 7) is 1.14. The van der Waals surface area contributed by atoms with Gasteiger partial charge in [-0.1, -0.05) is 30.3 Å². The molecule has 1 aromatic rings. The highest BCUT2D eigenvalue weighted by Gasteiger charge is 2.23. The molecule has 0 bridgehead atoms. The number of amides is 1. The van der Waals surface area contributed by atoms with Crippen LogP contribution in [-0.4, -0.2) is 16.1 Å². The number of nitrogens with one attached hydrogen (secondary N) is 3. The van der Waals surface area contributed by atoms with E-state index in [0.29, 0.717) is 18.7 Å². The first-order chi connectivity index (χ1) is 11.3. The van der Waals surface area contributed by atoms with E-state index in [0.717, 1.165) is 27.9 Å². The first-order valence-corrected chi connectivity index (χ1v) is 7.54. The second-order valence-corrected chi connectivity index (χ2v) is 5.53. The van der Waals surface area contributed by atoms with Crippen LogP contribution in [-0.2, 0) is 13.1 Å². The number of aromatic amines is 1. The van der Waals surface area contributed by atoms with E-state index in [1.54, 1.807) is 6.20 Å². The van der Waals surface area contributed by atoms with Crippen molar-refractivity contribution < 1.29 is 4.79 Å². The second-order valence-electron chi connectivity index (χ2n) is 5.53. The van der Waals surface area contributed by atoms with Gasteiger partial charge in [-0.25, -0.2) is 0 Å². The maximum Gasteiger partial charge on any atom is 0.251 e. The Morgan fingerprint density at radius 2 is 2.13 bits per heavy atom. The van der Waals surface area contributed by atoms with E-state index in [2.05, 4.69) is 20.8 Å². The summed E-state index contributed by atoms with van der Waals surface area (Å²) in [6, 6.07) is 11.8. The minimum Gasteiger partial charge on any atom is -0.387 e. The Bertz CT molecular complexity index is 851. The van der Waals surface area contributed by atoms with Crippen LogP contribution in [0.4, 0.5) is 0 Å². The average Bonchev–Trinajstić information content (AvgIpc) is 2.82. The largest absolute Gasteiger partial charge is 0.387 e. The SMILES string of the molecule is O=C(NCc1ccccc1)c1cc2cn[nH]c3c-2c1CNC=C3. The minimum atomic E-state index is -0.0605. The normalized spacial score (nSPS) is 12.7. The molecule has 4 rings (SSSR count). The van der Waals surface area contributed by atoms with Crippen LogP contribution < -0.4 is 10.6 Å². The summed E-state index contributed by atoms with van der Waals surface area (Å²) in [5.41, 5.74) is 5.75. The number of aromatic nitrogens is 2. The lowest BCUT2D eigenvalue weighted by molar-refractivity contribution is 0.0950. The van der Waals surface area contributed by atoms with Crippen LogP contribution in [0.1, 0.15) is 27.2 Å². The summed E-state index contributed by atoms with van der Waals surface area (Å²) in [6.07, 6.45) is 5.57. The molecule has 0 saturated carbocycles. The molecule has 1 aliphatic carbocycles. The summed E-state index contributed by atoms with van der Waals surface area (Å²) in [4.78, 5) is 12.6. The quantitative estimate of drug-likeness (QED) is 0.696. The van der Waals surface area contributed by atoms with Gasteiger partial charge in [0.05, 0.1) is 11.9 Å². The molecule has 0 radical (unpaired) electrons. The minimum absolute atomic E-state index is 0.0605. The van der Waals surface area contributed by atoms with Crippen molar-refractivity contribution in [2.75, 3.05) is 0 Å². The van der Waals surface area contributed by atoms with Crippen molar-refractivity contribution in [3.05, 3.63) is 71.2 Å². The number of H-pyrrole nitrogens is 1. The predicted molar refractivity (Wildman–Crippen MR) is 88.7 cm³/mol. The third-order valence-corrected chi connectivity index (χ3v) is 4.06. The van der Waals surface area contributed by atoms with E-state index in [1.165, 1.54) is 0 Å². The zero-order valence-electron chi connectivity index (χ0n) is 12.5. The molecule has 2 aliphatic heterocycles. The summed E-state index contributed by atoms with van der Waals surface area (Å²) in [7, 11) is 0. The Morgan fingerprint density at radius 1 is 1.26 bits per heavy atom. The summed E-state index contributed by atoms with van der Waals surface area (Å²) in [5, 5.41) is 13.3. The summed E-state index contributed by atoms with van der Waals surface area (Å²) in [5.74, 6) is -0.0605. The number of carbonyl (C=O) groups is 1. The average molecular weight is 304 g/mol. The van der Waals surface area contributed by atoms with E-state index >= 15 is 0 Å². The maximum absolute atomic E-state index is 12.6. The summed E-state index contributed by atoms with van der Waals surface area (Å²) >= 11 is 0. The molecular formula is C18H16N4O. The van der Waals surface area contributed by atoms with Gasteiger partial charge in [-0.3, -0.25) is 9.89 Å². The zero-order valence-corrected chi connectivity index (χ0v) is 12.5. The zero-order chi connectivity index (χ0) is 15.6. The number of rotatable bonds is 3. The molecule has 0 fully saturated rings. The molecule has 5 heteroatoms. The maximum atomic E-state index is 12.6. The van der Waals surface area contributed by atoms with Gasteiger partial charge in [0.1, 0.15) is 0 Å². The van der Waals surface area contributed by atoms with E-state index in [1.807, 2.05) is 48.7 Å². The number of hydrogen-bond acceptors (Lipinski definition) is 3. The molecule has 0 aromatic heterocycles. The van der Waals surface area contributed by atoms with Gasteiger partial charge >= 0.3 is 0 Å². The first-order valence-electron chi connectivity index (χ1n) is 7.54. The number of hydrogen-bond donors (Lipinski definition) is 3. The molecule has 2 heterocycles. The standard InChI is InChI=1S/C18H16N4O/c23-18(20-9-12-4-2-1-3-5-12)14-8-13-10-21-22-16-6-7-19-11-15(14)17(13)16/h1-8,10,19,22H,9,11H2,(H,20,23). The molecule has 0 spiro atoms. The molecule has 23 heavy (non-hydrogen) atoms. The Morgan fingerprint density at radius 3 is 3.00 bits per heavy atom. The van der Waals surface area contributed by atoms with Gasteiger partial charge in [0.15, 0.2) is 0 Å². The molecule has 1 aromatic carbocycles. The Balaban J connectivity index is 1.65. The van der Waals surface area contributed by atoms with Crippen molar-refractivity contribution in [1.29, 1.82) is 0 Å². The van der Waals surface area contributed by atoms with Crippen molar-refractivity contribution in [3.8, 4) is 11.1 Å². The predicted octanol–water partition coefficient (Wildman–Crippen LogP) is 2.52. The van der Waals surface area contributed by atoms with E-state index in [-0.39, 0.29) is 5.91 Å². The highest BCUT2D eigenvalue weighted by Crippen LogP contribution is 2.35.